The zero-order chi connectivity index (χ0) is 7.68. The third-order valence-electron chi connectivity index (χ3n) is 2.54. The van der Waals surface area contributed by atoms with Gasteiger partial charge in [0, 0.05) is 18.7 Å². The molecular formula is C8H16N2O. The lowest BCUT2D eigenvalue weighted by Crippen LogP contribution is -2.39. The lowest BCUT2D eigenvalue weighted by Gasteiger charge is -2.16. The highest BCUT2D eigenvalue weighted by atomic mass is 16.5. The van der Waals surface area contributed by atoms with E-state index in [9.17, 15) is 0 Å². The van der Waals surface area contributed by atoms with Crippen molar-refractivity contribution in [1.82, 2.24) is 10.9 Å². The fourth-order valence-corrected chi connectivity index (χ4v) is 1.91. The zero-order valence-electron chi connectivity index (χ0n) is 6.97. The van der Waals surface area contributed by atoms with Crippen molar-refractivity contribution < 1.29 is 4.74 Å². The second kappa shape index (κ2) is 3.09. The number of ether oxygens (including phenoxy) is 1. The van der Waals surface area contributed by atoms with E-state index in [0.29, 0.717) is 18.2 Å². The van der Waals surface area contributed by atoms with Crippen molar-refractivity contribution in [2.24, 2.45) is 0 Å². The monoisotopic (exact) mass is 156 g/mol. The van der Waals surface area contributed by atoms with Crippen LogP contribution in [-0.2, 0) is 4.74 Å². The molecule has 2 aliphatic heterocycles. The van der Waals surface area contributed by atoms with E-state index >= 15 is 0 Å². The minimum atomic E-state index is 0.465. The van der Waals surface area contributed by atoms with Gasteiger partial charge in [0.15, 0.2) is 0 Å². The molecule has 2 rings (SSSR count). The van der Waals surface area contributed by atoms with Crippen molar-refractivity contribution in [3.05, 3.63) is 0 Å². The van der Waals surface area contributed by atoms with E-state index < -0.39 is 0 Å². The maximum Gasteiger partial charge on any atom is 0.0743 e. The van der Waals surface area contributed by atoms with Gasteiger partial charge in [-0.1, -0.05) is 0 Å². The summed E-state index contributed by atoms with van der Waals surface area (Å²) in [7, 11) is 0. The minimum Gasteiger partial charge on any atom is -0.377 e. The molecule has 3 atom stereocenters. The third-order valence-corrected chi connectivity index (χ3v) is 2.54. The summed E-state index contributed by atoms with van der Waals surface area (Å²) in [6, 6.07) is 1.15. The van der Waals surface area contributed by atoms with Gasteiger partial charge in [-0.2, -0.15) is 0 Å². The quantitative estimate of drug-likeness (QED) is 0.577. The molecule has 0 aliphatic carbocycles. The molecule has 0 bridgehead atoms. The Morgan fingerprint density at radius 2 is 2.27 bits per heavy atom. The number of rotatable bonds is 1. The van der Waals surface area contributed by atoms with Gasteiger partial charge in [0.25, 0.3) is 0 Å². The van der Waals surface area contributed by atoms with Crippen LogP contribution in [0.4, 0.5) is 0 Å². The van der Waals surface area contributed by atoms with Crippen molar-refractivity contribution in [1.29, 1.82) is 0 Å². The van der Waals surface area contributed by atoms with Gasteiger partial charge in [-0.05, 0) is 26.2 Å². The van der Waals surface area contributed by atoms with Gasteiger partial charge < -0.3 is 4.74 Å². The molecule has 2 aliphatic rings. The van der Waals surface area contributed by atoms with Gasteiger partial charge in [-0.15, -0.1) is 0 Å². The second-order valence-corrected chi connectivity index (χ2v) is 3.58. The SMILES string of the molecule is CC1CC(C2CCCO2)NN1. The Labute approximate surface area is 67.5 Å². The summed E-state index contributed by atoms with van der Waals surface area (Å²) in [4.78, 5) is 0. The standard InChI is InChI=1S/C8H16N2O/c1-6-5-7(10-9-6)8-3-2-4-11-8/h6-10H,2-5H2,1H3. The predicted octanol–water partition coefficient (Wildman–Crippen LogP) is 0.420. The van der Waals surface area contributed by atoms with Gasteiger partial charge in [0.2, 0.25) is 0 Å². The molecule has 2 saturated heterocycles. The van der Waals surface area contributed by atoms with Crippen LogP contribution in [0.5, 0.6) is 0 Å². The summed E-state index contributed by atoms with van der Waals surface area (Å²) in [5.41, 5.74) is 6.49. The summed E-state index contributed by atoms with van der Waals surface area (Å²) < 4.78 is 5.58. The second-order valence-electron chi connectivity index (χ2n) is 3.58. The van der Waals surface area contributed by atoms with E-state index in [1.54, 1.807) is 0 Å². The third kappa shape index (κ3) is 1.55. The minimum absolute atomic E-state index is 0.465. The van der Waals surface area contributed by atoms with E-state index in [1.165, 1.54) is 19.3 Å². The maximum atomic E-state index is 5.58. The van der Waals surface area contributed by atoms with Crippen LogP contribution in [0.1, 0.15) is 26.2 Å². The topological polar surface area (TPSA) is 33.3 Å². The first kappa shape index (κ1) is 7.53. The van der Waals surface area contributed by atoms with E-state index in [2.05, 4.69) is 17.8 Å². The van der Waals surface area contributed by atoms with E-state index in [-0.39, 0.29) is 0 Å². The molecule has 0 amide bonds. The normalized spacial score (nSPS) is 45.0. The van der Waals surface area contributed by atoms with Crippen LogP contribution in [0.25, 0.3) is 0 Å². The van der Waals surface area contributed by atoms with Crippen LogP contribution in [0, 0.1) is 0 Å². The van der Waals surface area contributed by atoms with E-state index in [1.807, 2.05) is 0 Å². The average molecular weight is 156 g/mol. The average Bonchev–Trinajstić information content (AvgIpc) is 2.55. The van der Waals surface area contributed by atoms with Crippen molar-refractivity contribution in [3.8, 4) is 0 Å². The molecule has 2 N–H and O–H groups in total. The Kier molecular flexibility index (Phi) is 2.11. The Bertz CT molecular complexity index is 134. The maximum absolute atomic E-state index is 5.58. The first-order valence-electron chi connectivity index (χ1n) is 4.49. The van der Waals surface area contributed by atoms with Crippen LogP contribution in [0.3, 0.4) is 0 Å². The molecule has 0 radical (unpaired) electrons. The van der Waals surface area contributed by atoms with Crippen molar-refractivity contribution in [2.45, 2.75) is 44.4 Å². The lowest BCUT2D eigenvalue weighted by atomic mass is 10.0. The number of hydrazine groups is 1. The first-order valence-corrected chi connectivity index (χ1v) is 4.49. The highest BCUT2D eigenvalue weighted by Gasteiger charge is 2.30. The molecule has 0 saturated carbocycles. The lowest BCUT2D eigenvalue weighted by molar-refractivity contribution is 0.0825. The molecular weight excluding hydrogens is 140 g/mol. The van der Waals surface area contributed by atoms with E-state index in [0.717, 1.165) is 6.61 Å². The number of nitrogens with one attached hydrogen (secondary N) is 2. The van der Waals surface area contributed by atoms with Crippen LogP contribution in [-0.4, -0.2) is 24.8 Å². The fourth-order valence-electron chi connectivity index (χ4n) is 1.91. The van der Waals surface area contributed by atoms with Gasteiger partial charge >= 0.3 is 0 Å². The van der Waals surface area contributed by atoms with Crippen LogP contribution >= 0.6 is 0 Å². The summed E-state index contributed by atoms with van der Waals surface area (Å²) in [5, 5.41) is 0. The Morgan fingerprint density at radius 1 is 1.36 bits per heavy atom. The molecule has 3 heteroatoms. The molecule has 64 valence electrons. The smallest absolute Gasteiger partial charge is 0.0743 e. The Balaban J connectivity index is 1.85. The highest BCUT2D eigenvalue weighted by Crippen LogP contribution is 2.20. The molecule has 2 fully saturated rings. The van der Waals surface area contributed by atoms with Gasteiger partial charge in [0.05, 0.1) is 6.10 Å². The highest BCUT2D eigenvalue weighted by molar-refractivity contribution is 4.86. The van der Waals surface area contributed by atoms with Crippen LogP contribution in [0.2, 0.25) is 0 Å². The van der Waals surface area contributed by atoms with Gasteiger partial charge in [-0.25, -0.2) is 0 Å². The number of hydrogen-bond donors (Lipinski definition) is 2. The summed E-state index contributed by atoms with van der Waals surface area (Å²) in [5.74, 6) is 0. The molecule has 0 spiro atoms. The van der Waals surface area contributed by atoms with E-state index in [4.69, 9.17) is 4.74 Å². The molecule has 11 heavy (non-hydrogen) atoms. The van der Waals surface area contributed by atoms with Crippen LogP contribution < -0.4 is 10.9 Å². The van der Waals surface area contributed by atoms with Crippen LogP contribution in [0.15, 0.2) is 0 Å². The van der Waals surface area contributed by atoms with Crippen molar-refractivity contribution in [2.75, 3.05) is 6.61 Å². The van der Waals surface area contributed by atoms with Crippen molar-refractivity contribution in [3.63, 3.8) is 0 Å². The molecule has 0 aromatic rings. The Morgan fingerprint density at radius 3 is 2.82 bits per heavy atom. The fraction of sp³-hybridized carbons (Fsp3) is 1.00. The van der Waals surface area contributed by atoms with Gasteiger partial charge in [0.1, 0.15) is 0 Å². The zero-order valence-corrected chi connectivity index (χ0v) is 6.97. The molecule has 0 aromatic heterocycles. The number of hydrogen-bond acceptors (Lipinski definition) is 3. The van der Waals surface area contributed by atoms with Gasteiger partial charge in [-0.3, -0.25) is 10.9 Å². The molecule has 3 unspecified atom stereocenters. The Hall–Kier alpha value is -0.120. The molecule has 0 aromatic carbocycles. The molecule has 2 heterocycles. The first-order chi connectivity index (χ1) is 5.36. The summed E-state index contributed by atoms with van der Waals surface area (Å²) in [6.45, 7) is 3.15. The summed E-state index contributed by atoms with van der Waals surface area (Å²) in [6.07, 6.45) is 4.13. The summed E-state index contributed by atoms with van der Waals surface area (Å²) >= 11 is 0. The molecule has 3 nitrogen and oxygen atoms in total. The largest absolute Gasteiger partial charge is 0.377 e. The van der Waals surface area contributed by atoms with Crippen molar-refractivity contribution >= 4 is 0 Å². The predicted molar refractivity (Wildman–Crippen MR) is 43.1 cm³/mol.